The molecule has 1 amide bonds. The van der Waals surface area contributed by atoms with Gasteiger partial charge in [0.25, 0.3) is 0 Å². The molecule has 1 aromatic heterocycles. The Kier molecular flexibility index (Phi) is 5.54. The molecule has 3 nitrogen and oxygen atoms in total. The largest absolute Gasteiger partial charge is 0.324 e. The van der Waals surface area contributed by atoms with Crippen molar-refractivity contribution in [2.45, 2.75) is 5.03 Å². The number of benzene rings is 1. The molecule has 0 fully saturated rings. The molecular formula is C13H9Cl3N2OS. The lowest BCUT2D eigenvalue weighted by Gasteiger charge is -2.07. The van der Waals surface area contributed by atoms with Crippen LogP contribution >= 0.6 is 46.6 Å². The monoisotopic (exact) mass is 346 g/mol. The number of amides is 1. The maximum Gasteiger partial charge on any atom is 0.234 e. The van der Waals surface area contributed by atoms with Gasteiger partial charge in [-0.2, -0.15) is 0 Å². The highest BCUT2D eigenvalue weighted by Gasteiger charge is 2.07. The Hall–Kier alpha value is -0.940. The number of hydrogen-bond donors (Lipinski definition) is 1. The molecule has 0 spiro atoms. The van der Waals surface area contributed by atoms with Crippen LogP contribution in [-0.4, -0.2) is 16.6 Å². The van der Waals surface area contributed by atoms with Crippen LogP contribution in [0, 0.1) is 0 Å². The van der Waals surface area contributed by atoms with Gasteiger partial charge >= 0.3 is 0 Å². The van der Waals surface area contributed by atoms with Crippen molar-refractivity contribution in [2.24, 2.45) is 0 Å². The molecule has 0 aliphatic rings. The van der Waals surface area contributed by atoms with Gasteiger partial charge in [0.15, 0.2) is 0 Å². The van der Waals surface area contributed by atoms with Crippen LogP contribution in [0.5, 0.6) is 0 Å². The summed E-state index contributed by atoms with van der Waals surface area (Å²) in [6, 6.07) is 8.38. The van der Waals surface area contributed by atoms with Gasteiger partial charge < -0.3 is 5.32 Å². The van der Waals surface area contributed by atoms with Crippen molar-refractivity contribution in [1.82, 2.24) is 4.98 Å². The molecule has 1 N–H and O–H groups in total. The molecule has 0 aliphatic heterocycles. The molecule has 1 heterocycles. The first kappa shape index (κ1) is 15.4. The van der Waals surface area contributed by atoms with Gasteiger partial charge in [-0.3, -0.25) is 4.79 Å². The summed E-state index contributed by atoms with van der Waals surface area (Å²) in [7, 11) is 0. The summed E-state index contributed by atoms with van der Waals surface area (Å²) in [5.74, 6) is 0.0354. The number of anilines is 1. The third-order valence-electron chi connectivity index (χ3n) is 2.25. The highest BCUT2D eigenvalue weighted by atomic mass is 35.5. The molecule has 104 valence electrons. The second-order valence-corrected chi connectivity index (χ2v) is 6.05. The number of carbonyl (C=O) groups excluding carboxylic acids is 1. The van der Waals surface area contributed by atoms with E-state index in [1.165, 1.54) is 18.0 Å². The number of hydrogen-bond acceptors (Lipinski definition) is 3. The Morgan fingerprint density at radius 3 is 2.60 bits per heavy atom. The maximum absolute atomic E-state index is 11.8. The third-order valence-corrected chi connectivity index (χ3v) is 3.99. The molecule has 2 rings (SSSR count). The summed E-state index contributed by atoms with van der Waals surface area (Å²) in [6.07, 6.45) is 1.54. The zero-order chi connectivity index (χ0) is 14.5. The highest BCUT2D eigenvalue weighted by molar-refractivity contribution is 7.99. The summed E-state index contributed by atoms with van der Waals surface area (Å²) < 4.78 is 0. The molecule has 0 unspecified atom stereocenters. The predicted octanol–water partition coefficient (Wildman–Crippen LogP) is 4.77. The average Bonchev–Trinajstić information content (AvgIpc) is 2.42. The second-order valence-electron chi connectivity index (χ2n) is 3.78. The number of nitrogens with one attached hydrogen (secondary N) is 1. The lowest BCUT2D eigenvalue weighted by Crippen LogP contribution is -2.14. The summed E-state index contributed by atoms with van der Waals surface area (Å²) in [6.45, 7) is 0. The van der Waals surface area contributed by atoms with Crippen LogP contribution in [0.25, 0.3) is 0 Å². The molecule has 2 aromatic rings. The van der Waals surface area contributed by atoms with Gasteiger partial charge in [-0.25, -0.2) is 4.98 Å². The number of thioether (sulfide) groups is 1. The van der Waals surface area contributed by atoms with Crippen LogP contribution in [-0.2, 0) is 4.79 Å². The number of carbonyl (C=O) groups is 1. The fourth-order valence-corrected chi connectivity index (χ4v) is 2.46. The van der Waals surface area contributed by atoms with Crippen LogP contribution in [0.15, 0.2) is 41.6 Å². The van der Waals surface area contributed by atoms with E-state index in [2.05, 4.69) is 10.3 Å². The molecule has 0 saturated heterocycles. The van der Waals surface area contributed by atoms with E-state index in [9.17, 15) is 4.79 Å². The van der Waals surface area contributed by atoms with Crippen molar-refractivity contribution in [3.8, 4) is 0 Å². The van der Waals surface area contributed by atoms with E-state index in [0.717, 1.165) is 5.03 Å². The zero-order valence-electron chi connectivity index (χ0n) is 10.1. The van der Waals surface area contributed by atoms with Gasteiger partial charge in [-0.1, -0.05) is 46.6 Å². The minimum absolute atomic E-state index is 0.184. The van der Waals surface area contributed by atoms with Crippen LogP contribution in [0.4, 0.5) is 5.69 Å². The van der Waals surface area contributed by atoms with Gasteiger partial charge in [0, 0.05) is 11.2 Å². The Morgan fingerprint density at radius 1 is 1.15 bits per heavy atom. The molecule has 0 bridgehead atoms. The summed E-state index contributed by atoms with van der Waals surface area (Å²) in [4.78, 5) is 15.9. The number of nitrogens with zero attached hydrogens (tertiary/aromatic N) is 1. The third kappa shape index (κ3) is 4.56. The minimum Gasteiger partial charge on any atom is -0.324 e. The van der Waals surface area contributed by atoms with E-state index >= 15 is 0 Å². The molecular weight excluding hydrogens is 339 g/mol. The molecule has 7 heteroatoms. The van der Waals surface area contributed by atoms with Crippen LogP contribution in [0.2, 0.25) is 15.1 Å². The maximum atomic E-state index is 11.8. The topological polar surface area (TPSA) is 42.0 Å². The van der Waals surface area contributed by atoms with E-state index in [0.29, 0.717) is 20.8 Å². The van der Waals surface area contributed by atoms with Crippen LogP contribution in [0.1, 0.15) is 0 Å². The van der Waals surface area contributed by atoms with Gasteiger partial charge in [0.2, 0.25) is 5.91 Å². The normalized spacial score (nSPS) is 10.3. The predicted molar refractivity (Wildman–Crippen MR) is 85.1 cm³/mol. The first-order valence-electron chi connectivity index (χ1n) is 5.54. The fourth-order valence-electron chi connectivity index (χ4n) is 1.37. The van der Waals surface area contributed by atoms with E-state index in [4.69, 9.17) is 34.8 Å². The van der Waals surface area contributed by atoms with Crippen molar-refractivity contribution in [1.29, 1.82) is 0 Å². The molecule has 20 heavy (non-hydrogen) atoms. The number of rotatable bonds is 4. The van der Waals surface area contributed by atoms with Crippen molar-refractivity contribution in [3.05, 3.63) is 51.6 Å². The summed E-state index contributed by atoms with van der Waals surface area (Å²) >= 11 is 18.9. The smallest absolute Gasteiger partial charge is 0.234 e. The van der Waals surface area contributed by atoms with E-state index in [1.807, 2.05) is 0 Å². The minimum atomic E-state index is -0.184. The fraction of sp³-hybridized carbons (Fsp3) is 0.0769. The van der Waals surface area contributed by atoms with Crippen LogP contribution < -0.4 is 5.32 Å². The number of pyridine rings is 1. The van der Waals surface area contributed by atoms with Gasteiger partial charge in [-0.05, 0) is 30.3 Å². The van der Waals surface area contributed by atoms with Crippen molar-refractivity contribution in [2.75, 3.05) is 11.1 Å². The Morgan fingerprint density at radius 2 is 1.90 bits per heavy atom. The van der Waals surface area contributed by atoms with E-state index in [1.54, 1.807) is 30.3 Å². The van der Waals surface area contributed by atoms with E-state index < -0.39 is 0 Å². The standard InChI is InChI=1S/C13H9Cl3N2OS/c14-8-1-3-10(16)11(5-8)18-12(19)7-20-13-4-2-9(15)6-17-13/h1-6H,7H2,(H,18,19). The Labute approximate surface area is 135 Å². The van der Waals surface area contributed by atoms with Crippen molar-refractivity contribution in [3.63, 3.8) is 0 Å². The second kappa shape index (κ2) is 7.18. The lowest BCUT2D eigenvalue weighted by atomic mass is 10.3. The molecule has 0 saturated carbocycles. The quantitative estimate of drug-likeness (QED) is 0.810. The highest BCUT2D eigenvalue weighted by Crippen LogP contribution is 2.26. The zero-order valence-corrected chi connectivity index (χ0v) is 13.2. The Bertz CT molecular complexity index is 620. The van der Waals surface area contributed by atoms with Gasteiger partial charge in [-0.15, -0.1) is 0 Å². The first-order valence-corrected chi connectivity index (χ1v) is 7.66. The Balaban J connectivity index is 1.92. The van der Waals surface area contributed by atoms with Crippen molar-refractivity contribution >= 4 is 58.2 Å². The SMILES string of the molecule is O=C(CSc1ccc(Cl)cn1)Nc1cc(Cl)ccc1Cl. The molecule has 1 aromatic carbocycles. The van der Waals surface area contributed by atoms with Crippen molar-refractivity contribution < 1.29 is 4.79 Å². The first-order chi connectivity index (χ1) is 9.54. The summed E-state index contributed by atoms with van der Waals surface area (Å²) in [5.41, 5.74) is 0.494. The lowest BCUT2D eigenvalue weighted by molar-refractivity contribution is -0.113. The van der Waals surface area contributed by atoms with Gasteiger partial charge in [0.1, 0.15) is 0 Å². The van der Waals surface area contributed by atoms with Gasteiger partial charge in [0.05, 0.1) is 26.5 Å². The van der Waals surface area contributed by atoms with Crippen LogP contribution in [0.3, 0.4) is 0 Å². The van der Waals surface area contributed by atoms with E-state index in [-0.39, 0.29) is 11.7 Å². The average molecular weight is 348 g/mol. The number of halogens is 3. The molecule has 0 aliphatic carbocycles. The molecule has 0 radical (unpaired) electrons. The molecule has 0 atom stereocenters. The number of aromatic nitrogens is 1. The summed E-state index contributed by atoms with van der Waals surface area (Å²) in [5, 5.41) is 4.94.